The van der Waals surface area contributed by atoms with E-state index in [2.05, 4.69) is 36.3 Å². The number of amides is 1. The number of hydrogen-bond donors (Lipinski definition) is 2. The van der Waals surface area contributed by atoms with E-state index >= 15 is 0 Å². The van der Waals surface area contributed by atoms with Gasteiger partial charge in [-0.15, -0.1) is 5.10 Å². The van der Waals surface area contributed by atoms with Gasteiger partial charge < -0.3 is 15.8 Å². The molecule has 0 radical (unpaired) electrons. The Bertz CT molecular complexity index is 874. The van der Waals surface area contributed by atoms with Crippen LogP contribution in [0, 0.1) is 12.3 Å². The van der Waals surface area contributed by atoms with Gasteiger partial charge in [-0.25, -0.2) is 0 Å². The van der Waals surface area contributed by atoms with Crippen LogP contribution in [0.3, 0.4) is 0 Å². The number of rotatable bonds is 4. The fourth-order valence-corrected chi connectivity index (χ4v) is 2.45. The molecule has 0 unspecified atom stereocenters. The fourth-order valence-electron chi connectivity index (χ4n) is 2.45. The van der Waals surface area contributed by atoms with Gasteiger partial charge in [0.25, 0.3) is 0 Å². The van der Waals surface area contributed by atoms with Crippen LogP contribution in [0.25, 0.3) is 10.9 Å². The maximum absolute atomic E-state index is 12.4. The maximum atomic E-state index is 12.4. The minimum absolute atomic E-state index is 0.130. The Hall–Kier alpha value is -2.63. The number of anilines is 2. The number of carbonyl (C=O) groups is 1. The number of nitrogens with zero attached hydrogens (tertiary/aromatic N) is 2. The van der Waals surface area contributed by atoms with Crippen LogP contribution in [0.15, 0.2) is 24.3 Å². The number of ether oxygens (including phenoxy) is 1. The summed E-state index contributed by atoms with van der Waals surface area (Å²) in [6.45, 7) is 14.0. The van der Waals surface area contributed by atoms with E-state index in [-0.39, 0.29) is 11.3 Å². The highest BCUT2D eigenvalue weighted by Crippen LogP contribution is 2.34. The normalized spacial score (nSPS) is 12.6. The predicted octanol–water partition coefficient (Wildman–Crippen LogP) is 4.63. The average molecular weight is 370 g/mol. The summed E-state index contributed by atoms with van der Waals surface area (Å²) in [4.78, 5) is 12.4. The monoisotopic (exact) mass is 370 g/mol. The highest BCUT2D eigenvalue weighted by atomic mass is 16.5. The van der Waals surface area contributed by atoms with E-state index < -0.39 is 5.60 Å². The molecule has 2 rings (SSSR count). The molecule has 1 amide bonds. The minimum atomic E-state index is -0.432. The topological polar surface area (TPSA) is 90.1 Å². The molecule has 0 spiro atoms. The van der Waals surface area contributed by atoms with Gasteiger partial charge in [-0.2, -0.15) is 5.10 Å². The molecule has 0 atom stereocenters. The van der Waals surface area contributed by atoms with Crippen LogP contribution in [0.4, 0.5) is 11.4 Å². The van der Waals surface area contributed by atoms with Crippen LogP contribution in [0.1, 0.15) is 53.7 Å². The first kappa shape index (κ1) is 20.7. The number of aryl methyl sites for hydroxylation is 1. The van der Waals surface area contributed by atoms with Crippen molar-refractivity contribution in [1.82, 2.24) is 10.2 Å². The van der Waals surface area contributed by atoms with Gasteiger partial charge >= 0.3 is 0 Å². The van der Waals surface area contributed by atoms with E-state index in [1.54, 1.807) is 25.1 Å². The molecule has 1 heterocycles. The quantitative estimate of drug-likeness (QED) is 0.766. The van der Waals surface area contributed by atoms with Gasteiger partial charge in [-0.3, -0.25) is 4.79 Å². The molecule has 3 N–H and O–H groups in total. The van der Waals surface area contributed by atoms with Crippen LogP contribution in [-0.2, 0) is 4.79 Å². The second-order valence-corrected chi connectivity index (χ2v) is 8.94. The summed E-state index contributed by atoms with van der Waals surface area (Å²) in [5, 5.41) is 11.9. The summed E-state index contributed by atoms with van der Waals surface area (Å²) >= 11 is 0. The Kier molecular flexibility index (Phi) is 5.78. The van der Waals surface area contributed by atoms with E-state index in [1.807, 2.05) is 26.8 Å². The summed E-state index contributed by atoms with van der Waals surface area (Å²) in [5.41, 5.74) is 8.22. The lowest BCUT2D eigenvalue weighted by atomic mass is 9.92. The van der Waals surface area contributed by atoms with Crippen LogP contribution < -0.4 is 15.8 Å². The Morgan fingerprint density at radius 2 is 1.85 bits per heavy atom. The number of aromatic nitrogens is 2. The Balaban J connectivity index is 2.40. The van der Waals surface area contributed by atoms with Crippen molar-refractivity contribution in [2.24, 2.45) is 5.41 Å². The van der Waals surface area contributed by atoms with Crippen molar-refractivity contribution in [3.63, 3.8) is 0 Å². The van der Waals surface area contributed by atoms with E-state index in [1.165, 1.54) is 0 Å². The number of allylic oxidation sites excluding steroid dienone is 1. The molecule has 0 saturated carbocycles. The van der Waals surface area contributed by atoms with Crippen molar-refractivity contribution < 1.29 is 9.53 Å². The first-order valence-corrected chi connectivity index (χ1v) is 9.09. The summed E-state index contributed by atoms with van der Waals surface area (Å²) in [6.07, 6.45) is 4.24. The van der Waals surface area contributed by atoms with Gasteiger partial charge in [-0.05, 0) is 51.7 Å². The number of hydrogen-bond acceptors (Lipinski definition) is 5. The van der Waals surface area contributed by atoms with Gasteiger partial charge in [-0.1, -0.05) is 26.8 Å². The third-order valence-electron chi connectivity index (χ3n) is 3.76. The van der Waals surface area contributed by atoms with Crippen molar-refractivity contribution in [3.05, 3.63) is 30.0 Å². The summed E-state index contributed by atoms with van der Waals surface area (Å²) in [5.74, 6) is 0.319. The molecular formula is C21H30N4O2. The van der Waals surface area contributed by atoms with E-state index in [9.17, 15) is 4.79 Å². The first-order chi connectivity index (χ1) is 12.4. The summed E-state index contributed by atoms with van der Waals surface area (Å²) < 4.78 is 6.02. The molecule has 0 saturated heterocycles. The molecule has 146 valence electrons. The predicted molar refractivity (Wildman–Crippen MR) is 111 cm³/mol. The lowest BCUT2D eigenvalue weighted by Crippen LogP contribution is -2.24. The van der Waals surface area contributed by atoms with Gasteiger partial charge in [0.15, 0.2) is 0 Å². The summed E-state index contributed by atoms with van der Waals surface area (Å²) in [7, 11) is 0. The van der Waals surface area contributed by atoms with Crippen LogP contribution in [-0.4, -0.2) is 21.7 Å². The molecule has 27 heavy (non-hydrogen) atoms. The molecule has 0 bridgehead atoms. The molecule has 6 nitrogen and oxygen atoms in total. The molecule has 0 aliphatic heterocycles. The molecule has 6 heteroatoms. The van der Waals surface area contributed by atoms with Gasteiger partial charge in [0.2, 0.25) is 5.91 Å². The van der Waals surface area contributed by atoms with Gasteiger partial charge in [0.1, 0.15) is 11.4 Å². The SMILES string of the molecule is Cc1nnc2cc(OC(C)(C)C)c(NC(=O)/C=C/CC(C)(C)C)cc2c1N. The lowest BCUT2D eigenvalue weighted by Gasteiger charge is -2.23. The van der Waals surface area contributed by atoms with Crippen molar-refractivity contribution in [2.45, 2.75) is 60.5 Å². The number of nitrogens with one attached hydrogen (secondary N) is 1. The van der Waals surface area contributed by atoms with Crippen LogP contribution >= 0.6 is 0 Å². The smallest absolute Gasteiger partial charge is 0.248 e. The van der Waals surface area contributed by atoms with E-state index in [0.717, 1.165) is 11.8 Å². The molecule has 0 aliphatic carbocycles. The maximum Gasteiger partial charge on any atom is 0.248 e. The highest BCUT2D eigenvalue weighted by molar-refractivity contribution is 6.03. The zero-order chi connectivity index (χ0) is 20.4. The van der Waals surface area contributed by atoms with E-state index in [0.29, 0.717) is 28.3 Å². The third-order valence-corrected chi connectivity index (χ3v) is 3.76. The highest BCUT2D eigenvalue weighted by Gasteiger charge is 2.18. The second-order valence-electron chi connectivity index (χ2n) is 8.94. The third kappa shape index (κ3) is 5.94. The number of benzene rings is 1. The Labute approximate surface area is 161 Å². The average Bonchev–Trinajstić information content (AvgIpc) is 2.49. The molecule has 0 fully saturated rings. The molecule has 2 aromatic rings. The van der Waals surface area contributed by atoms with Gasteiger partial charge in [0, 0.05) is 11.5 Å². The number of carbonyl (C=O) groups excluding carboxylic acids is 1. The lowest BCUT2D eigenvalue weighted by molar-refractivity contribution is -0.111. The molecule has 1 aromatic heterocycles. The van der Waals surface area contributed by atoms with Crippen LogP contribution in [0.5, 0.6) is 5.75 Å². The standard InChI is InChI=1S/C21H30N4O2/c1-13-19(22)14-11-16(23-18(26)9-8-10-20(2,3)4)17(27-21(5,6)7)12-15(14)25-24-13/h8-9,11-12H,10H2,1-7H3,(H2,22,25)(H,23,26)/b9-8+. The number of nitrogen functional groups attached to an aromatic ring is 1. The van der Waals surface area contributed by atoms with E-state index in [4.69, 9.17) is 10.5 Å². The zero-order valence-corrected chi connectivity index (χ0v) is 17.3. The first-order valence-electron chi connectivity index (χ1n) is 9.09. The van der Waals surface area contributed by atoms with Crippen LogP contribution in [0.2, 0.25) is 0 Å². The molecule has 1 aromatic carbocycles. The van der Waals surface area contributed by atoms with Gasteiger partial charge in [0.05, 0.1) is 22.6 Å². The summed E-state index contributed by atoms with van der Waals surface area (Å²) in [6, 6.07) is 3.56. The zero-order valence-electron chi connectivity index (χ0n) is 17.3. The van der Waals surface area contributed by atoms with Crippen molar-refractivity contribution in [2.75, 3.05) is 11.1 Å². The Morgan fingerprint density at radius 1 is 1.19 bits per heavy atom. The van der Waals surface area contributed by atoms with Crippen molar-refractivity contribution in [1.29, 1.82) is 0 Å². The van der Waals surface area contributed by atoms with Crippen molar-refractivity contribution in [3.8, 4) is 5.75 Å². The fraction of sp³-hybridized carbons (Fsp3) is 0.476. The van der Waals surface area contributed by atoms with Crippen molar-refractivity contribution >= 4 is 28.2 Å². The second kappa shape index (κ2) is 7.55. The Morgan fingerprint density at radius 3 is 2.44 bits per heavy atom. The molecular weight excluding hydrogens is 340 g/mol. The number of nitrogens with two attached hydrogens (primary N) is 1. The minimum Gasteiger partial charge on any atom is -0.486 e. The largest absolute Gasteiger partial charge is 0.486 e. The number of fused-ring (bicyclic) bond motifs is 1. The molecule has 0 aliphatic rings.